The quantitative estimate of drug-likeness (QED) is 0.695. The summed E-state index contributed by atoms with van der Waals surface area (Å²) >= 11 is 0. The van der Waals surface area contributed by atoms with Crippen molar-refractivity contribution < 1.29 is 4.42 Å². The predicted molar refractivity (Wildman–Crippen MR) is 84.3 cm³/mol. The predicted octanol–water partition coefficient (Wildman–Crippen LogP) is 5.09. The van der Waals surface area contributed by atoms with Crippen LogP contribution in [0.2, 0.25) is 0 Å². The third-order valence-corrected chi connectivity index (χ3v) is 3.02. The number of rotatable bonds is 4. The normalized spacial score (nSPS) is 11.7. The molecule has 0 unspecified atom stereocenters. The fourth-order valence-electron chi connectivity index (χ4n) is 2.11. The van der Waals surface area contributed by atoms with Gasteiger partial charge in [-0.15, -0.1) is 0 Å². The zero-order valence-corrected chi connectivity index (χ0v) is 11.3. The maximum Gasteiger partial charge on any atom is 0.136 e. The smallest absolute Gasteiger partial charge is 0.136 e. The molecule has 0 N–H and O–H groups in total. The van der Waals surface area contributed by atoms with Crippen LogP contribution in [-0.4, -0.2) is 6.72 Å². The molecule has 2 aromatic rings. The number of benzene rings is 1. The van der Waals surface area contributed by atoms with Gasteiger partial charge in [0, 0.05) is 17.1 Å². The van der Waals surface area contributed by atoms with Crippen molar-refractivity contribution in [1.82, 2.24) is 0 Å². The lowest BCUT2D eigenvalue weighted by Crippen LogP contribution is -1.81. The minimum Gasteiger partial charge on any atom is -0.456 e. The van der Waals surface area contributed by atoms with Crippen LogP contribution >= 0.6 is 0 Å². The molecule has 0 aliphatic carbocycles. The van der Waals surface area contributed by atoms with E-state index in [1.54, 1.807) is 12.3 Å². The topological polar surface area (TPSA) is 25.5 Å². The van der Waals surface area contributed by atoms with Crippen LogP contribution in [0, 0.1) is 6.92 Å². The highest BCUT2D eigenvalue weighted by atomic mass is 16.3. The van der Waals surface area contributed by atoms with Crippen LogP contribution in [0.5, 0.6) is 0 Å². The fourth-order valence-corrected chi connectivity index (χ4v) is 2.11. The lowest BCUT2D eigenvalue weighted by Gasteiger charge is -2.00. The van der Waals surface area contributed by atoms with Gasteiger partial charge in [0.15, 0.2) is 0 Å². The van der Waals surface area contributed by atoms with Crippen molar-refractivity contribution in [3.8, 4) is 0 Å². The molecule has 0 aliphatic rings. The molecular formula is C17H17NO. The molecule has 1 aromatic heterocycles. The summed E-state index contributed by atoms with van der Waals surface area (Å²) in [6.45, 7) is 11.3. The lowest BCUT2D eigenvalue weighted by molar-refractivity contribution is 0.603. The standard InChI is InChI=1S/C17H17NO/c1-5-7-14-15-10-12(3)13(8-9-18-4)11-17(15)19-16(14)6-2/h5-11H,2,4H2,1,3H3/b7-5-,9-8-. The van der Waals surface area contributed by atoms with Gasteiger partial charge in [-0.3, -0.25) is 4.99 Å². The Kier molecular flexibility index (Phi) is 3.81. The van der Waals surface area contributed by atoms with Crippen molar-refractivity contribution in [2.24, 2.45) is 4.99 Å². The number of aryl methyl sites for hydroxylation is 1. The molecule has 0 fully saturated rings. The zero-order valence-electron chi connectivity index (χ0n) is 11.3. The Bertz CT molecular complexity index is 687. The summed E-state index contributed by atoms with van der Waals surface area (Å²) in [5.74, 6) is 0.801. The Morgan fingerprint density at radius 1 is 1.26 bits per heavy atom. The summed E-state index contributed by atoms with van der Waals surface area (Å²) in [7, 11) is 0. The molecule has 2 nitrogen and oxygen atoms in total. The van der Waals surface area contributed by atoms with Gasteiger partial charge in [0.1, 0.15) is 11.3 Å². The number of furan rings is 1. The molecule has 19 heavy (non-hydrogen) atoms. The third-order valence-electron chi connectivity index (χ3n) is 3.02. The molecule has 0 atom stereocenters. The van der Waals surface area contributed by atoms with Gasteiger partial charge in [0.25, 0.3) is 0 Å². The van der Waals surface area contributed by atoms with Gasteiger partial charge in [-0.05, 0) is 56.0 Å². The molecule has 0 radical (unpaired) electrons. The van der Waals surface area contributed by atoms with Crippen molar-refractivity contribution in [2.75, 3.05) is 0 Å². The first kappa shape index (κ1) is 13.1. The third kappa shape index (κ3) is 2.43. The number of nitrogens with zero attached hydrogens (tertiary/aromatic N) is 1. The molecule has 0 saturated carbocycles. The second-order valence-corrected chi connectivity index (χ2v) is 4.29. The number of hydrogen-bond acceptors (Lipinski definition) is 2. The molecule has 0 spiro atoms. The van der Waals surface area contributed by atoms with E-state index in [0.29, 0.717) is 0 Å². The van der Waals surface area contributed by atoms with Crippen molar-refractivity contribution in [3.63, 3.8) is 0 Å². The van der Waals surface area contributed by atoms with E-state index in [1.807, 2.05) is 31.2 Å². The monoisotopic (exact) mass is 251 g/mol. The van der Waals surface area contributed by atoms with E-state index in [0.717, 1.165) is 27.9 Å². The van der Waals surface area contributed by atoms with Crippen LogP contribution in [0.15, 0.2) is 40.4 Å². The summed E-state index contributed by atoms with van der Waals surface area (Å²) in [6, 6.07) is 4.15. The Morgan fingerprint density at radius 3 is 2.68 bits per heavy atom. The Morgan fingerprint density at radius 2 is 2.05 bits per heavy atom. The summed E-state index contributed by atoms with van der Waals surface area (Å²) in [4.78, 5) is 3.73. The van der Waals surface area contributed by atoms with E-state index in [-0.39, 0.29) is 0 Å². The second-order valence-electron chi connectivity index (χ2n) is 4.29. The molecule has 0 amide bonds. The zero-order chi connectivity index (χ0) is 13.8. The molecule has 0 saturated heterocycles. The van der Waals surface area contributed by atoms with Crippen LogP contribution in [0.3, 0.4) is 0 Å². The summed E-state index contributed by atoms with van der Waals surface area (Å²) in [5, 5.41) is 1.11. The molecule has 1 heterocycles. The van der Waals surface area contributed by atoms with Crippen LogP contribution in [0.25, 0.3) is 29.2 Å². The average molecular weight is 251 g/mol. The Labute approximate surface area is 113 Å². The van der Waals surface area contributed by atoms with Gasteiger partial charge in [0.2, 0.25) is 0 Å². The fraction of sp³-hybridized carbons (Fsp3) is 0.118. The van der Waals surface area contributed by atoms with E-state index >= 15 is 0 Å². The number of aliphatic imine (C=N–C) groups is 1. The molecular weight excluding hydrogens is 234 g/mol. The minimum absolute atomic E-state index is 0.801. The average Bonchev–Trinajstić information content (AvgIpc) is 2.74. The van der Waals surface area contributed by atoms with Gasteiger partial charge in [-0.25, -0.2) is 0 Å². The van der Waals surface area contributed by atoms with Gasteiger partial charge in [0.05, 0.1) is 0 Å². The van der Waals surface area contributed by atoms with E-state index in [1.165, 1.54) is 5.56 Å². The number of hydrogen-bond donors (Lipinski definition) is 0. The second kappa shape index (κ2) is 5.53. The maximum absolute atomic E-state index is 5.83. The van der Waals surface area contributed by atoms with Crippen molar-refractivity contribution >= 4 is 35.9 Å². The van der Waals surface area contributed by atoms with Gasteiger partial charge in [-0.1, -0.05) is 18.7 Å². The van der Waals surface area contributed by atoms with Gasteiger partial charge in [-0.2, -0.15) is 0 Å². The first-order valence-electron chi connectivity index (χ1n) is 6.16. The van der Waals surface area contributed by atoms with Crippen molar-refractivity contribution in [1.29, 1.82) is 0 Å². The highest BCUT2D eigenvalue weighted by Gasteiger charge is 2.11. The van der Waals surface area contributed by atoms with Crippen LogP contribution < -0.4 is 0 Å². The van der Waals surface area contributed by atoms with Crippen LogP contribution in [0.1, 0.15) is 29.4 Å². The SMILES string of the molecule is C=Cc1oc2cc(/C=C\N=C)c(C)cc2c1/C=C\C. The van der Waals surface area contributed by atoms with E-state index in [9.17, 15) is 0 Å². The Hall–Kier alpha value is -2.35. The van der Waals surface area contributed by atoms with E-state index < -0.39 is 0 Å². The number of fused-ring (bicyclic) bond motifs is 1. The molecule has 1 aromatic carbocycles. The molecule has 2 heteroatoms. The lowest BCUT2D eigenvalue weighted by atomic mass is 10.0. The molecule has 2 rings (SSSR count). The van der Waals surface area contributed by atoms with Crippen molar-refractivity contribution in [3.05, 3.63) is 53.4 Å². The van der Waals surface area contributed by atoms with Crippen LogP contribution in [0.4, 0.5) is 0 Å². The molecule has 0 aliphatic heterocycles. The minimum atomic E-state index is 0.801. The molecule has 96 valence electrons. The Balaban J connectivity index is 2.71. The molecule has 0 bridgehead atoms. The maximum atomic E-state index is 5.83. The number of allylic oxidation sites excluding steroid dienone is 1. The first-order valence-corrected chi connectivity index (χ1v) is 6.16. The van der Waals surface area contributed by atoms with Gasteiger partial charge < -0.3 is 4.42 Å². The van der Waals surface area contributed by atoms with E-state index in [4.69, 9.17) is 4.42 Å². The highest BCUT2D eigenvalue weighted by Crippen LogP contribution is 2.30. The van der Waals surface area contributed by atoms with Crippen LogP contribution in [-0.2, 0) is 0 Å². The van der Waals surface area contributed by atoms with E-state index in [2.05, 4.69) is 31.3 Å². The first-order chi connectivity index (χ1) is 9.21. The summed E-state index contributed by atoms with van der Waals surface area (Å²) in [5.41, 5.74) is 4.19. The highest BCUT2D eigenvalue weighted by molar-refractivity contribution is 5.92. The van der Waals surface area contributed by atoms with Gasteiger partial charge >= 0.3 is 0 Å². The summed E-state index contributed by atoms with van der Waals surface area (Å²) < 4.78 is 5.83. The van der Waals surface area contributed by atoms with Crippen molar-refractivity contribution in [2.45, 2.75) is 13.8 Å². The summed E-state index contributed by atoms with van der Waals surface area (Å²) in [6.07, 6.45) is 9.39. The largest absolute Gasteiger partial charge is 0.456 e.